The van der Waals surface area contributed by atoms with Gasteiger partial charge in [0.2, 0.25) is 5.91 Å². The third-order valence-electron chi connectivity index (χ3n) is 5.33. The second-order valence-electron chi connectivity index (χ2n) is 7.14. The number of benzene rings is 1. The van der Waals surface area contributed by atoms with Crippen LogP contribution in [0.25, 0.3) is 0 Å². The van der Waals surface area contributed by atoms with Gasteiger partial charge >= 0.3 is 0 Å². The van der Waals surface area contributed by atoms with Gasteiger partial charge in [-0.25, -0.2) is 4.98 Å². The normalized spacial score (nSPS) is 25.0. The number of aromatic nitrogens is 2. The third kappa shape index (κ3) is 3.35. The number of aliphatic hydroxyl groups excluding tert-OH is 1. The van der Waals surface area contributed by atoms with Gasteiger partial charge in [-0.3, -0.25) is 9.59 Å². The molecule has 3 atom stereocenters. The van der Waals surface area contributed by atoms with E-state index in [2.05, 4.69) is 32.7 Å². The number of hydrogen-bond donors (Lipinski definition) is 4. The molecule has 2 amide bonds. The Bertz CT molecular complexity index is 780. The molecule has 2 aromatic rings. The molecular formula is C19H22N4O3. The fourth-order valence-electron chi connectivity index (χ4n) is 3.99. The highest BCUT2D eigenvalue weighted by Crippen LogP contribution is 2.28. The van der Waals surface area contributed by atoms with Crippen molar-refractivity contribution >= 4 is 11.8 Å². The van der Waals surface area contributed by atoms with E-state index in [0.717, 1.165) is 12.8 Å². The van der Waals surface area contributed by atoms with Crippen molar-refractivity contribution in [2.24, 2.45) is 5.92 Å². The SMILES string of the molecule is O=C(N[C@@H]1C[C@H](C(=O)NC2Cc3ccccc3C2)C[C@H]1O)c1ncc[nH]1. The molecule has 0 bridgehead atoms. The number of carbonyl (C=O) groups excluding carboxylic acids is 2. The number of imidazole rings is 1. The number of fused-ring (bicyclic) bond motifs is 1. The lowest BCUT2D eigenvalue weighted by atomic mass is 10.1. The zero-order valence-electron chi connectivity index (χ0n) is 14.3. The molecule has 26 heavy (non-hydrogen) atoms. The summed E-state index contributed by atoms with van der Waals surface area (Å²) in [5.74, 6) is -0.507. The fourth-order valence-corrected chi connectivity index (χ4v) is 3.99. The Hall–Kier alpha value is -2.67. The minimum atomic E-state index is -0.731. The summed E-state index contributed by atoms with van der Waals surface area (Å²) in [6.45, 7) is 0. The average molecular weight is 354 g/mol. The van der Waals surface area contributed by atoms with Crippen molar-refractivity contribution in [2.75, 3.05) is 0 Å². The monoisotopic (exact) mass is 354 g/mol. The Morgan fingerprint density at radius 3 is 2.50 bits per heavy atom. The van der Waals surface area contributed by atoms with Gasteiger partial charge in [0.25, 0.3) is 5.91 Å². The number of H-pyrrole nitrogens is 1. The largest absolute Gasteiger partial charge is 0.391 e. The van der Waals surface area contributed by atoms with Crippen LogP contribution in [0.1, 0.15) is 34.6 Å². The lowest BCUT2D eigenvalue weighted by Crippen LogP contribution is -2.41. The van der Waals surface area contributed by atoms with E-state index in [1.54, 1.807) is 6.20 Å². The van der Waals surface area contributed by atoms with E-state index in [1.807, 2.05) is 12.1 Å². The lowest BCUT2D eigenvalue weighted by Gasteiger charge is -2.16. The molecule has 4 N–H and O–H groups in total. The summed E-state index contributed by atoms with van der Waals surface area (Å²) in [5.41, 5.74) is 2.57. The number of hydrogen-bond acceptors (Lipinski definition) is 4. The van der Waals surface area contributed by atoms with Gasteiger partial charge in [0, 0.05) is 24.4 Å². The van der Waals surface area contributed by atoms with Crippen molar-refractivity contribution in [1.29, 1.82) is 0 Å². The Morgan fingerprint density at radius 2 is 1.85 bits per heavy atom. The minimum absolute atomic E-state index is 0.0448. The predicted molar refractivity (Wildman–Crippen MR) is 94.4 cm³/mol. The second kappa shape index (κ2) is 6.92. The van der Waals surface area contributed by atoms with E-state index >= 15 is 0 Å². The maximum Gasteiger partial charge on any atom is 0.287 e. The van der Waals surface area contributed by atoms with Gasteiger partial charge < -0.3 is 20.7 Å². The van der Waals surface area contributed by atoms with Crippen LogP contribution in [-0.2, 0) is 17.6 Å². The zero-order chi connectivity index (χ0) is 18.1. The molecule has 0 unspecified atom stereocenters. The number of nitrogens with one attached hydrogen (secondary N) is 3. The first-order valence-electron chi connectivity index (χ1n) is 8.95. The summed E-state index contributed by atoms with van der Waals surface area (Å²) in [6, 6.07) is 7.89. The van der Waals surface area contributed by atoms with Crippen LogP contribution in [0.5, 0.6) is 0 Å². The smallest absolute Gasteiger partial charge is 0.287 e. The fraction of sp³-hybridized carbons (Fsp3) is 0.421. The van der Waals surface area contributed by atoms with E-state index in [1.165, 1.54) is 17.3 Å². The van der Waals surface area contributed by atoms with Gasteiger partial charge in [0.1, 0.15) is 0 Å². The summed E-state index contributed by atoms with van der Waals surface area (Å²) in [5, 5.41) is 16.1. The van der Waals surface area contributed by atoms with Crippen LogP contribution in [0, 0.1) is 5.92 Å². The molecular weight excluding hydrogens is 332 g/mol. The maximum absolute atomic E-state index is 12.6. The molecule has 0 spiro atoms. The first kappa shape index (κ1) is 16.8. The van der Waals surface area contributed by atoms with E-state index in [-0.39, 0.29) is 29.6 Å². The average Bonchev–Trinajstić information content (AvgIpc) is 3.34. The molecule has 1 heterocycles. The first-order valence-corrected chi connectivity index (χ1v) is 8.95. The van der Waals surface area contributed by atoms with Crippen LogP contribution in [0.2, 0.25) is 0 Å². The summed E-state index contributed by atoms with van der Waals surface area (Å²) < 4.78 is 0. The van der Waals surface area contributed by atoms with Crippen molar-refractivity contribution < 1.29 is 14.7 Å². The number of carbonyl (C=O) groups is 2. The van der Waals surface area contributed by atoms with Crippen LogP contribution in [-0.4, -0.2) is 45.1 Å². The standard InChI is InChI=1S/C19H22N4O3/c24-16-10-13(9-15(16)23-19(26)17-20-5-6-21-17)18(25)22-14-7-11-3-1-2-4-12(11)8-14/h1-6,13-16,24H,7-10H2,(H,20,21)(H,22,25)(H,23,26)/t13-,15+,16+/m0/s1. The van der Waals surface area contributed by atoms with E-state index in [4.69, 9.17) is 0 Å². The molecule has 0 aliphatic heterocycles. The molecule has 4 rings (SSSR count). The van der Waals surface area contributed by atoms with Gasteiger partial charge in [-0.05, 0) is 36.8 Å². The van der Waals surface area contributed by atoms with Crippen LogP contribution in [0.15, 0.2) is 36.7 Å². The molecule has 0 radical (unpaired) electrons. The van der Waals surface area contributed by atoms with Crippen molar-refractivity contribution in [2.45, 2.75) is 43.9 Å². The summed E-state index contributed by atoms with van der Waals surface area (Å²) in [6.07, 6.45) is 4.80. The van der Waals surface area contributed by atoms with Crippen LogP contribution in [0.4, 0.5) is 0 Å². The topological polar surface area (TPSA) is 107 Å². The molecule has 0 saturated heterocycles. The highest BCUT2D eigenvalue weighted by atomic mass is 16.3. The molecule has 136 valence electrons. The Morgan fingerprint density at radius 1 is 1.12 bits per heavy atom. The molecule has 2 aliphatic carbocycles. The third-order valence-corrected chi connectivity index (χ3v) is 5.33. The van der Waals surface area contributed by atoms with E-state index in [9.17, 15) is 14.7 Å². The van der Waals surface area contributed by atoms with Crippen molar-refractivity contribution in [3.63, 3.8) is 0 Å². The van der Waals surface area contributed by atoms with Crippen molar-refractivity contribution in [1.82, 2.24) is 20.6 Å². The molecule has 1 fully saturated rings. The Balaban J connectivity index is 1.31. The zero-order valence-corrected chi connectivity index (χ0v) is 14.3. The van der Waals surface area contributed by atoms with Crippen LogP contribution < -0.4 is 10.6 Å². The molecule has 1 aromatic heterocycles. The Kier molecular flexibility index (Phi) is 4.46. The number of aromatic amines is 1. The molecule has 1 saturated carbocycles. The number of amides is 2. The van der Waals surface area contributed by atoms with Gasteiger partial charge in [-0.1, -0.05) is 24.3 Å². The van der Waals surface area contributed by atoms with Gasteiger partial charge in [0.05, 0.1) is 12.1 Å². The molecule has 7 heteroatoms. The summed E-state index contributed by atoms with van der Waals surface area (Å²) in [4.78, 5) is 31.3. The lowest BCUT2D eigenvalue weighted by molar-refractivity contribution is -0.125. The second-order valence-corrected chi connectivity index (χ2v) is 7.14. The summed E-state index contributed by atoms with van der Waals surface area (Å²) >= 11 is 0. The van der Waals surface area contributed by atoms with Crippen molar-refractivity contribution in [3.8, 4) is 0 Å². The van der Waals surface area contributed by atoms with E-state index < -0.39 is 12.1 Å². The number of aliphatic hydroxyl groups is 1. The van der Waals surface area contributed by atoms with Crippen LogP contribution >= 0.6 is 0 Å². The summed E-state index contributed by atoms with van der Waals surface area (Å²) in [7, 11) is 0. The first-order chi connectivity index (χ1) is 12.6. The minimum Gasteiger partial charge on any atom is -0.391 e. The molecule has 7 nitrogen and oxygen atoms in total. The van der Waals surface area contributed by atoms with Gasteiger partial charge in [-0.15, -0.1) is 0 Å². The number of nitrogens with zero attached hydrogens (tertiary/aromatic N) is 1. The van der Waals surface area contributed by atoms with Gasteiger partial charge in [0.15, 0.2) is 5.82 Å². The number of rotatable bonds is 4. The Labute approximate surface area is 151 Å². The van der Waals surface area contributed by atoms with Crippen LogP contribution in [0.3, 0.4) is 0 Å². The van der Waals surface area contributed by atoms with Crippen molar-refractivity contribution in [3.05, 3.63) is 53.6 Å². The molecule has 2 aliphatic rings. The molecule has 1 aromatic carbocycles. The quantitative estimate of drug-likeness (QED) is 0.644. The van der Waals surface area contributed by atoms with E-state index in [0.29, 0.717) is 12.8 Å². The predicted octanol–water partition coefficient (Wildman–Crippen LogP) is 0.563. The highest BCUT2D eigenvalue weighted by molar-refractivity contribution is 5.90. The highest BCUT2D eigenvalue weighted by Gasteiger charge is 2.39. The maximum atomic E-state index is 12.6. The van der Waals surface area contributed by atoms with Gasteiger partial charge in [-0.2, -0.15) is 0 Å².